The summed E-state index contributed by atoms with van der Waals surface area (Å²) in [5.74, 6) is -1.28. The average Bonchev–Trinajstić information content (AvgIpc) is 2.78. The van der Waals surface area contributed by atoms with Crippen LogP contribution in [-0.4, -0.2) is 96.7 Å². The van der Waals surface area contributed by atoms with Crippen molar-refractivity contribution in [2.75, 3.05) is 39.6 Å². The molecule has 0 aromatic heterocycles. The van der Waals surface area contributed by atoms with Crippen LogP contribution >= 0.6 is 15.6 Å². The van der Waals surface area contributed by atoms with E-state index < -0.39 is 97.5 Å². The molecule has 0 saturated carbocycles. The molecule has 0 heterocycles. The average molecular weight is 1380 g/mol. The molecule has 19 heteroatoms. The summed E-state index contributed by atoms with van der Waals surface area (Å²) in [6.07, 6.45) is 57.1. The molecule has 0 bridgehead atoms. The molecule has 558 valence electrons. The van der Waals surface area contributed by atoms with Crippen LogP contribution < -0.4 is 0 Å². The highest BCUT2D eigenvalue weighted by atomic mass is 31.2. The molecule has 0 rings (SSSR count). The SMILES string of the molecule is CCCCCCCCCCCCCCCCCCC(=O)OC[C@H](COP(=O)(O)OC[C@@H](O)COP(=O)(O)OC[C@@H](COC(=O)CCCCCCC)OC(=O)CCCCCCCCCCCCCCCCC)OC(=O)CCCCCCCCCCCCCCCCC(C)CC. The number of unbranched alkanes of at least 4 members (excludes halogenated alkanes) is 46. The second kappa shape index (κ2) is 68.2. The first kappa shape index (κ1) is 92.1. The van der Waals surface area contributed by atoms with Gasteiger partial charge in [-0.15, -0.1) is 0 Å². The van der Waals surface area contributed by atoms with E-state index in [0.29, 0.717) is 25.7 Å². The smallest absolute Gasteiger partial charge is 0.462 e. The van der Waals surface area contributed by atoms with Crippen LogP contribution in [-0.2, 0) is 65.4 Å². The molecule has 0 aromatic carbocycles. The van der Waals surface area contributed by atoms with Crippen molar-refractivity contribution in [3.8, 4) is 0 Å². The van der Waals surface area contributed by atoms with Gasteiger partial charge in [-0.2, -0.15) is 0 Å². The second-order valence-corrected chi connectivity index (χ2v) is 30.2. The number of rotatable bonds is 75. The molecule has 0 amide bonds. The van der Waals surface area contributed by atoms with Crippen LogP contribution in [0.3, 0.4) is 0 Å². The molecule has 0 radical (unpaired) electrons. The van der Waals surface area contributed by atoms with E-state index in [4.69, 9.17) is 37.0 Å². The largest absolute Gasteiger partial charge is 0.472 e. The molecule has 6 atom stereocenters. The first-order chi connectivity index (χ1) is 45.6. The third kappa shape index (κ3) is 67.3. The third-order valence-corrected chi connectivity index (χ3v) is 19.8. The fourth-order valence-electron chi connectivity index (χ4n) is 11.5. The molecule has 0 aromatic rings. The molecule has 3 N–H and O–H groups in total. The number of aliphatic hydroxyl groups is 1. The predicted octanol–water partition coefficient (Wildman–Crippen LogP) is 22.1. The number of aliphatic hydroxyl groups excluding tert-OH is 1. The Morgan fingerprint density at radius 1 is 0.298 bits per heavy atom. The van der Waals surface area contributed by atoms with Crippen LogP contribution in [0.2, 0.25) is 0 Å². The van der Waals surface area contributed by atoms with Gasteiger partial charge in [-0.3, -0.25) is 37.3 Å². The highest BCUT2D eigenvalue weighted by Crippen LogP contribution is 2.45. The first-order valence-electron chi connectivity index (χ1n) is 39.2. The Hall–Kier alpha value is -1.94. The zero-order valence-corrected chi connectivity index (χ0v) is 62.9. The number of phosphoric ester groups is 2. The Morgan fingerprint density at radius 2 is 0.511 bits per heavy atom. The molecule has 0 aliphatic rings. The zero-order chi connectivity index (χ0) is 69.1. The molecule has 0 aliphatic carbocycles. The summed E-state index contributed by atoms with van der Waals surface area (Å²) in [6, 6.07) is 0. The van der Waals surface area contributed by atoms with Crippen LogP contribution in [0, 0.1) is 5.92 Å². The van der Waals surface area contributed by atoms with Gasteiger partial charge in [0.1, 0.15) is 19.3 Å². The Balaban J connectivity index is 5.14. The van der Waals surface area contributed by atoms with Crippen LogP contribution in [0.15, 0.2) is 0 Å². The molecule has 0 saturated heterocycles. The molecule has 0 spiro atoms. The van der Waals surface area contributed by atoms with Crippen molar-refractivity contribution in [2.24, 2.45) is 5.92 Å². The summed E-state index contributed by atoms with van der Waals surface area (Å²) in [4.78, 5) is 72.5. The molecule has 0 aliphatic heterocycles. The van der Waals surface area contributed by atoms with E-state index in [1.54, 1.807) is 0 Å². The van der Waals surface area contributed by atoms with Gasteiger partial charge in [0.15, 0.2) is 12.2 Å². The third-order valence-electron chi connectivity index (χ3n) is 17.9. The van der Waals surface area contributed by atoms with Gasteiger partial charge in [-0.25, -0.2) is 9.13 Å². The molecule has 0 fully saturated rings. The summed E-state index contributed by atoms with van der Waals surface area (Å²) in [6.45, 7) is 7.26. The number of ether oxygens (including phenoxy) is 4. The lowest BCUT2D eigenvalue weighted by Crippen LogP contribution is -2.30. The second-order valence-electron chi connectivity index (χ2n) is 27.3. The van der Waals surface area contributed by atoms with Crippen LogP contribution in [0.4, 0.5) is 0 Å². The van der Waals surface area contributed by atoms with E-state index >= 15 is 0 Å². The van der Waals surface area contributed by atoms with Crippen molar-refractivity contribution in [1.29, 1.82) is 0 Å². The van der Waals surface area contributed by atoms with Gasteiger partial charge in [0.05, 0.1) is 26.4 Å². The highest BCUT2D eigenvalue weighted by molar-refractivity contribution is 7.47. The minimum atomic E-state index is -4.95. The summed E-state index contributed by atoms with van der Waals surface area (Å²) in [5.41, 5.74) is 0. The lowest BCUT2D eigenvalue weighted by molar-refractivity contribution is -0.161. The maximum atomic E-state index is 13.1. The lowest BCUT2D eigenvalue weighted by atomic mass is 9.99. The maximum absolute atomic E-state index is 13.1. The topological polar surface area (TPSA) is 237 Å². The van der Waals surface area contributed by atoms with E-state index in [-0.39, 0.29) is 25.7 Å². The van der Waals surface area contributed by atoms with Crippen molar-refractivity contribution in [2.45, 2.75) is 412 Å². The Labute approximate surface area is 575 Å². The molecular weight excluding hydrogens is 1230 g/mol. The quantitative estimate of drug-likeness (QED) is 0.0222. The van der Waals surface area contributed by atoms with Crippen LogP contribution in [0.25, 0.3) is 0 Å². The fourth-order valence-corrected chi connectivity index (χ4v) is 13.1. The van der Waals surface area contributed by atoms with Crippen molar-refractivity contribution in [3.63, 3.8) is 0 Å². The minimum Gasteiger partial charge on any atom is -0.462 e. The van der Waals surface area contributed by atoms with Crippen molar-refractivity contribution >= 4 is 39.5 Å². The number of hydrogen-bond donors (Lipinski definition) is 3. The van der Waals surface area contributed by atoms with E-state index in [2.05, 4.69) is 34.6 Å². The lowest BCUT2D eigenvalue weighted by Gasteiger charge is -2.21. The zero-order valence-electron chi connectivity index (χ0n) is 61.1. The van der Waals surface area contributed by atoms with Gasteiger partial charge in [-0.1, -0.05) is 343 Å². The molecule has 94 heavy (non-hydrogen) atoms. The maximum Gasteiger partial charge on any atom is 0.472 e. The summed E-state index contributed by atoms with van der Waals surface area (Å²) in [5, 5.41) is 10.6. The molecular formula is C75H146O17P2. The number of phosphoric acid groups is 2. The first-order valence-corrected chi connectivity index (χ1v) is 42.2. The monoisotopic (exact) mass is 1380 g/mol. The van der Waals surface area contributed by atoms with Crippen molar-refractivity contribution < 1.29 is 80.2 Å². The van der Waals surface area contributed by atoms with Gasteiger partial charge in [0.2, 0.25) is 0 Å². The van der Waals surface area contributed by atoms with Crippen LogP contribution in [0.1, 0.15) is 394 Å². The van der Waals surface area contributed by atoms with E-state index in [9.17, 15) is 43.2 Å². The number of esters is 4. The number of carbonyl (C=O) groups is 4. The van der Waals surface area contributed by atoms with Gasteiger partial charge in [-0.05, 0) is 31.6 Å². The Kier molecular flexibility index (Phi) is 66.8. The highest BCUT2D eigenvalue weighted by Gasteiger charge is 2.30. The summed E-state index contributed by atoms with van der Waals surface area (Å²) >= 11 is 0. The van der Waals surface area contributed by atoms with E-state index in [1.165, 1.54) is 212 Å². The Morgan fingerprint density at radius 3 is 0.755 bits per heavy atom. The summed E-state index contributed by atoms with van der Waals surface area (Å²) in [7, 11) is -9.90. The fraction of sp³-hybridized carbons (Fsp3) is 0.947. The van der Waals surface area contributed by atoms with Gasteiger partial charge in [0, 0.05) is 25.7 Å². The van der Waals surface area contributed by atoms with E-state index in [0.717, 1.165) is 102 Å². The molecule has 3 unspecified atom stereocenters. The minimum absolute atomic E-state index is 0.107. The molecule has 17 nitrogen and oxygen atoms in total. The summed E-state index contributed by atoms with van der Waals surface area (Å²) < 4.78 is 68.3. The van der Waals surface area contributed by atoms with Gasteiger partial charge < -0.3 is 33.8 Å². The van der Waals surface area contributed by atoms with Gasteiger partial charge in [0.25, 0.3) is 0 Å². The normalized spacial score (nSPS) is 14.3. The van der Waals surface area contributed by atoms with Crippen molar-refractivity contribution in [1.82, 2.24) is 0 Å². The van der Waals surface area contributed by atoms with Crippen molar-refractivity contribution in [3.05, 3.63) is 0 Å². The van der Waals surface area contributed by atoms with E-state index in [1.807, 2.05) is 0 Å². The predicted molar refractivity (Wildman–Crippen MR) is 382 cm³/mol. The standard InChI is InChI=1S/C75H146O17P2/c1-6-10-13-16-18-20-22-24-26-28-32-36-40-44-49-54-59-73(78)86-65-71(92-75(80)61-56-51-46-42-38-34-30-29-31-35-39-43-48-52-57-68(5)9-4)67-90-94(83,84)88-63-69(76)62-87-93(81,82)89-66-70(64-85-72(77)58-53-47-15-12-8-3)91-74(79)60-55-50-45-41-37-33-27-25-23-21-19-17-14-11-7-2/h68-71,76H,6-67H2,1-5H3,(H,81,82)(H,83,84)/t68?,69-,70+,71+/m0/s1. The van der Waals surface area contributed by atoms with Crippen LogP contribution in [0.5, 0.6) is 0 Å². The van der Waals surface area contributed by atoms with Gasteiger partial charge >= 0.3 is 39.5 Å². The number of carbonyl (C=O) groups excluding carboxylic acids is 4. The number of hydrogen-bond acceptors (Lipinski definition) is 15. The Bertz CT molecular complexity index is 1810.